The molecule has 3 aliphatic heterocycles. The average Bonchev–Trinajstić information content (AvgIpc) is 3.41. The summed E-state index contributed by atoms with van der Waals surface area (Å²) in [7, 11) is 0. The zero-order valence-electron chi connectivity index (χ0n) is 19.8. The van der Waals surface area contributed by atoms with Crippen molar-refractivity contribution in [3.63, 3.8) is 0 Å². The molecule has 1 N–H and O–H groups in total. The van der Waals surface area contributed by atoms with E-state index < -0.39 is 23.9 Å². The van der Waals surface area contributed by atoms with E-state index in [1.165, 1.54) is 4.90 Å². The van der Waals surface area contributed by atoms with Gasteiger partial charge < -0.3 is 10.2 Å². The van der Waals surface area contributed by atoms with E-state index >= 15 is 0 Å². The van der Waals surface area contributed by atoms with Gasteiger partial charge in [0.25, 0.3) is 0 Å². The van der Waals surface area contributed by atoms with Crippen LogP contribution < -0.4 is 10.2 Å². The van der Waals surface area contributed by atoms with Crippen LogP contribution in [0.15, 0.2) is 103 Å². The van der Waals surface area contributed by atoms with Gasteiger partial charge in [0.2, 0.25) is 17.7 Å². The molecule has 3 heterocycles. The van der Waals surface area contributed by atoms with E-state index in [0.29, 0.717) is 11.4 Å². The number of anilines is 2. The van der Waals surface area contributed by atoms with Gasteiger partial charge in [-0.25, -0.2) is 4.90 Å². The SMILES string of the molecule is O=C(Nc1ccccc1)[C@@H]1[C@@H]2C(=O)N(c3cccc4ccccc34)C(=O)[C@@H]2[C@H]2c3ccccc3C=CN12. The van der Waals surface area contributed by atoms with Gasteiger partial charge in [-0.05, 0) is 40.8 Å². The Balaban J connectivity index is 1.36. The molecule has 4 atom stereocenters. The van der Waals surface area contributed by atoms with Crippen LogP contribution in [0.3, 0.4) is 0 Å². The van der Waals surface area contributed by atoms with Gasteiger partial charge in [0.1, 0.15) is 6.04 Å². The van der Waals surface area contributed by atoms with E-state index in [0.717, 1.165) is 21.9 Å². The van der Waals surface area contributed by atoms with Crippen molar-refractivity contribution in [1.82, 2.24) is 4.90 Å². The van der Waals surface area contributed by atoms with E-state index in [-0.39, 0.29) is 17.7 Å². The van der Waals surface area contributed by atoms with Crippen LogP contribution in [0.5, 0.6) is 0 Å². The standard InChI is InChI=1S/C31H23N3O3/c35-29(32-21-12-2-1-3-13-21)28-26-25(27-23-15-7-5-10-20(23)17-18-33(27)28)30(36)34(31(26)37)24-16-8-11-19-9-4-6-14-22(19)24/h1-18,25-28H,(H,32,35)/t25-,26+,27+,28-/m0/s1. The number of rotatable bonds is 3. The van der Waals surface area contributed by atoms with Crippen molar-refractivity contribution in [2.45, 2.75) is 12.1 Å². The number of nitrogens with zero attached hydrogens (tertiary/aromatic N) is 2. The summed E-state index contributed by atoms with van der Waals surface area (Å²) in [5.41, 5.74) is 3.17. The van der Waals surface area contributed by atoms with E-state index in [9.17, 15) is 14.4 Å². The zero-order valence-corrected chi connectivity index (χ0v) is 19.8. The molecule has 0 aromatic heterocycles. The van der Waals surface area contributed by atoms with Crippen molar-refractivity contribution in [2.24, 2.45) is 11.8 Å². The van der Waals surface area contributed by atoms with Crippen molar-refractivity contribution in [1.29, 1.82) is 0 Å². The van der Waals surface area contributed by atoms with Gasteiger partial charge in [-0.15, -0.1) is 0 Å². The first-order valence-corrected chi connectivity index (χ1v) is 12.4. The van der Waals surface area contributed by atoms with Crippen molar-refractivity contribution >= 4 is 45.9 Å². The first-order chi connectivity index (χ1) is 18.1. The van der Waals surface area contributed by atoms with Gasteiger partial charge in [0.05, 0.1) is 23.6 Å². The van der Waals surface area contributed by atoms with Crippen LogP contribution in [0.1, 0.15) is 17.2 Å². The predicted octanol–water partition coefficient (Wildman–Crippen LogP) is 4.99. The lowest BCUT2D eigenvalue weighted by Crippen LogP contribution is -2.46. The second kappa shape index (κ2) is 8.17. The molecule has 2 saturated heterocycles. The fraction of sp³-hybridized carbons (Fsp3) is 0.129. The van der Waals surface area contributed by atoms with Crippen molar-refractivity contribution in [3.05, 3.63) is 114 Å². The van der Waals surface area contributed by atoms with Crippen LogP contribution >= 0.6 is 0 Å². The van der Waals surface area contributed by atoms with Crippen LogP contribution in [0, 0.1) is 11.8 Å². The number of hydrogen-bond donors (Lipinski definition) is 1. The lowest BCUT2D eigenvalue weighted by Gasteiger charge is -2.35. The molecule has 0 unspecified atom stereocenters. The highest BCUT2D eigenvalue weighted by Crippen LogP contribution is 2.53. The quantitative estimate of drug-likeness (QED) is 0.415. The summed E-state index contributed by atoms with van der Waals surface area (Å²) in [5.74, 6) is -2.38. The maximum absolute atomic E-state index is 14.2. The van der Waals surface area contributed by atoms with Gasteiger partial charge in [-0.2, -0.15) is 0 Å². The third-order valence-corrected chi connectivity index (χ3v) is 7.78. The third-order valence-electron chi connectivity index (χ3n) is 7.78. The number of para-hydroxylation sites is 1. The fourth-order valence-electron chi connectivity index (χ4n) is 6.24. The highest BCUT2D eigenvalue weighted by atomic mass is 16.2. The number of fused-ring (bicyclic) bond motifs is 6. The number of amides is 3. The first-order valence-electron chi connectivity index (χ1n) is 12.4. The lowest BCUT2D eigenvalue weighted by molar-refractivity contribution is -0.128. The molecule has 6 heteroatoms. The molecule has 0 saturated carbocycles. The van der Waals surface area contributed by atoms with Gasteiger partial charge in [-0.1, -0.05) is 78.9 Å². The highest BCUT2D eigenvalue weighted by molar-refractivity contribution is 6.26. The second-order valence-electron chi connectivity index (χ2n) is 9.70. The Kier molecular flexibility index (Phi) is 4.76. The number of carbonyl (C=O) groups excluding carboxylic acids is 3. The molecule has 6 nitrogen and oxygen atoms in total. The molecule has 7 rings (SSSR count). The number of nitrogens with one attached hydrogen (secondary N) is 1. The third kappa shape index (κ3) is 3.15. The minimum absolute atomic E-state index is 0.263. The number of benzene rings is 4. The van der Waals surface area contributed by atoms with Crippen LogP contribution in [0.4, 0.5) is 11.4 Å². The summed E-state index contributed by atoms with van der Waals surface area (Å²) in [5, 5.41) is 4.76. The highest BCUT2D eigenvalue weighted by Gasteiger charge is 2.64. The molecular formula is C31H23N3O3. The maximum atomic E-state index is 14.2. The van der Waals surface area contributed by atoms with Gasteiger partial charge in [0.15, 0.2) is 0 Å². The molecule has 180 valence electrons. The van der Waals surface area contributed by atoms with Crippen LogP contribution in [0.25, 0.3) is 16.8 Å². The summed E-state index contributed by atoms with van der Waals surface area (Å²) in [6.45, 7) is 0. The Hall–Kier alpha value is -4.71. The zero-order chi connectivity index (χ0) is 25.1. The van der Waals surface area contributed by atoms with E-state index in [1.54, 1.807) is 0 Å². The number of carbonyl (C=O) groups is 3. The molecule has 0 bridgehead atoms. The smallest absolute Gasteiger partial charge is 0.247 e. The molecule has 37 heavy (non-hydrogen) atoms. The van der Waals surface area contributed by atoms with Crippen molar-refractivity contribution in [3.8, 4) is 0 Å². The summed E-state index contributed by atoms with van der Waals surface area (Å²) >= 11 is 0. The first kappa shape index (κ1) is 21.6. The Morgan fingerprint density at radius 1 is 0.730 bits per heavy atom. The minimum Gasteiger partial charge on any atom is -0.357 e. The van der Waals surface area contributed by atoms with Gasteiger partial charge in [-0.3, -0.25) is 14.4 Å². The molecule has 4 aromatic rings. The number of hydrogen-bond acceptors (Lipinski definition) is 4. The minimum atomic E-state index is -0.823. The molecule has 0 aliphatic carbocycles. The Labute approximate surface area is 213 Å². The molecule has 4 aromatic carbocycles. The number of imide groups is 1. The fourth-order valence-corrected chi connectivity index (χ4v) is 6.24. The summed E-state index contributed by atoms with van der Waals surface area (Å²) in [4.78, 5) is 45.3. The predicted molar refractivity (Wildman–Crippen MR) is 142 cm³/mol. The van der Waals surface area contributed by atoms with Crippen molar-refractivity contribution < 1.29 is 14.4 Å². The van der Waals surface area contributed by atoms with Crippen LogP contribution in [-0.4, -0.2) is 28.7 Å². The Morgan fingerprint density at radius 2 is 1.43 bits per heavy atom. The monoisotopic (exact) mass is 485 g/mol. The molecule has 0 spiro atoms. The van der Waals surface area contributed by atoms with E-state index in [1.807, 2.05) is 114 Å². The summed E-state index contributed by atoms with van der Waals surface area (Å²) < 4.78 is 0. The normalized spacial score (nSPS) is 23.7. The van der Waals surface area contributed by atoms with E-state index in [4.69, 9.17) is 0 Å². The second-order valence-corrected chi connectivity index (χ2v) is 9.70. The molecule has 0 radical (unpaired) electrons. The lowest BCUT2D eigenvalue weighted by atomic mass is 9.84. The Bertz CT molecular complexity index is 1610. The van der Waals surface area contributed by atoms with E-state index in [2.05, 4.69) is 5.32 Å². The van der Waals surface area contributed by atoms with Crippen LogP contribution in [-0.2, 0) is 14.4 Å². The molecule has 3 aliphatic rings. The summed E-state index contributed by atoms with van der Waals surface area (Å²) in [6.07, 6.45) is 3.82. The topological polar surface area (TPSA) is 69.7 Å². The largest absolute Gasteiger partial charge is 0.357 e. The van der Waals surface area contributed by atoms with Crippen molar-refractivity contribution in [2.75, 3.05) is 10.2 Å². The molecule has 2 fully saturated rings. The Morgan fingerprint density at radius 3 is 2.30 bits per heavy atom. The van der Waals surface area contributed by atoms with Crippen LogP contribution in [0.2, 0.25) is 0 Å². The van der Waals surface area contributed by atoms with Gasteiger partial charge >= 0.3 is 0 Å². The average molecular weight is 486 g/mol. The van der Waals surface area contributed by atoms with Gasteiger partial charge in [0, 0.05) is 17.3 Å². The molecule has 3 amide bonds. The maximum Gasteiger partial charge on any atom is 0.247 e. The molecular weight excluding hydrogens is 462 g/mol. The summed E-state index contributed by atoms with van der Waals surface area (Å²) in [6, 6.07) is 29.2.